The van der Waals surface area contributed by atoms with Gasteiger partial charge in [-0.05, 0) is 38.6 Å². The number of urea groups is 1. The van der Waals surface area contributed by atoms with Crippen molar-refractivity contribution in [2.24, 2.45) is 0 Å². The van der Waals surface area contributed by atoms with Crippen LogP contribution in [-0.4, -0.2) is 50.2 Å². The number of carbonyl (C=O) groups is 2. The first-order chi connectivity index (χ1) is 11.7. The van der Waals surface area contributed by atoms with Crippen LogP contribution in [0.15, 0.2) is 18.2 Å². The van der Waals surface area contributed by atoms with Crippen LogP contribution in [0.4, 0.5) is 13.6 Å². The summed E-state index contributed by atoms with van der Waals surface area (Å²) in [5.41, 5.74) is 0.651. The lowest BCUT2D eigenvalue weighted by Crippen LogP contribution is -2.45. The van der Waals surface area contributed by atoms with Crippen molar-refractivity contribution in [3.63, 3.8) is 0 Å². The molecule has 0 spiro atoms. The molecule has 0 radical (unpaired) electrons. The maximum atomic E-state index is 12.4. The van der Waals surface area contributed by atoms with Crippen LogP contribution in [0.25, 0.3) is 0 Å². The number of amides is 3. The van der Waals surface area contributed by atoms with Gasteiger partial charge in [-0.1, -0.05) is 6.07 Å². The predicted molar refractivity (Wildman–Crippen MR) is 87.8 cm³/mol. The zero-order chi connectivity index (χ0) is 19.0. The third kappa shape index (κ3) is 7.79. The summed E-state index contributed by atoms with van der Waals surface area (Å²) in [5, 5.41) is 4.75. The Morgan fingerprint density at radius 1 is 1.24 bits per heavy atom. The highest BCUT2D eigenvalue weighted by molar-refractivity contribution is 5.95. The van der Waals surface area contributed by atoms with Crippen LogP contribution in [0.2, 0.25) is 0 Å². The maximum Gasteiger partial charge on any atom is 0.387 e. The Balaban J connectivity index is 2.62. The Labute approximate surface area is 145 Å². The topological polar surface area (TPSA) is 79.9 Å². The van der Waals surface area contributed by atoms with Crippen LogP contribution in [0.5, 0.6) is 11.5 Å². The lowest BCUT2D eigenvalue weighted by atomic mass is 10.2. The number of carbonyl (C=O) groups excluding carboxylic acids is 2. The summed E-state index contributed by atoms with van der Waals surface area (Å²) in [7, 11) is 3.02. The van der Waals surface area contributed by atoms with E-state index in [9.17, 15) is 18.4 Å². The van der Waals surface area contributed by atoms with E-state index in [0.29, 0.717) is 12.1 Å². The summed E-state index contributed by atoms with van der Waals surface area (Å²) in [5.74, 6) is -0.364. The van der Waals surface area contributed by atoms with Crippen molar-refractivity contribution in [3.05, 3.63) is 23.8 Å². The molecule has 3 amide bonds. The molecular formula is C16H23F2N3O4. The molecule has 0 aliphatic carbocycles. The third-order valence-electron chi connectivity index (χ3n) is 2.98. The lowest BCUT2D eigenvalue weighted by Gasteiger charge is -2.18. The smallest absolute Gasteiger partial charge is 0.387 e. The molecule has 25 heavy (non-hydrogen) atoms. The maximum absolute atomic E-state index is 12.4. The van der Waals surface area contributed by atoms with Gasteiger partial charge in [0.25, 0.3) is 0 Å². The normalized spacial score (nSPS) is 10.9. The van der Waals surface area contributed by atoms with E-state index in [1.54, 1.807) is 31.9 Å². The van der Waals surface area contributed by atoms with Crippen LogP contribution in [0.3, 0.4) is 0 Å². The van der Waals surface area contributed by atoms with Gasteiger partial charge in [-0.25, -0.2) is 4.79 Å². The third-order valence-corrected chi connectivity index (χ3v) is 2.98. The van der Waals surface area contributed by atoms with Crippen LogP contribution in [0.1, 0.15) is 19.4 Å². The Morgan fingerprint density at radius 2 is 1.92 bits per heavy atom. The number of likely N-dealkylation sites (N-methyl/N-ethyl adjacent to an activating group) is 1. The molecule has 0 fully saturated rings. The molecule has 0 atom stereocenters. The number of imide groups is 1. The molecule has 7 nitrogen and oxygen atoms in total. The first-order valence-electron chi connectivity index (χ1n) is 7.62. The number of alkyl halides is 2. The number of benzene rings is 1. The zero-order valence-corrected chi connectivity index (χ0v) is 14.6. The lowest BCUT2D eigenvalue weighted by molar-refractivity contribution is -0.121. The summed E-state index contributed by atoms with van der Waals surface area (Å²) in [6.45, 7) is 0.843. The Bertz CT molecular complexity index is 597. The first-order valence-corrected chi connectivity index (χ1v) is 7.62. The van der Waals surface area contributed by atoms with Gasteiger partial charge in [0, 0.05) is 12.6 Å². The van der Waals surface area contributed by atoms with Crippen molar-refractivity contribution in [3.8, 4) is 11.5 Å². The number of rotatable bonds is 8. The van der Waals surface area contributed by atoms with E-state index in [1.165, 1.54) is 19.2 Å². The van der Waals surface area contributed by atoms with Gasteiger partial charge in [0.1, 0.15) is 0 Å². The quantitative estimate of drug-likeness (QED) is 0.742. The van der Waals surface area contributed by atoms with Crippen molar-refractivity contribution < 1.29 is 27.8 Å². The van der Waals surface area contributed by atoms with E-state index < -0.39 is 18.5 Å². The van der Waals surface area contributed by atoms with Gasteiger partial charge < -0.3 is 14.8 Å². The summed E-state index contributed by atoms with van der Waals surface area (Å²) in [6.07, 6.45) is 0. The van der Waals surface area contributed by atoms with Crippen LogP contribution in [-0.2, 0) is 11.3 Å². The van der Waals surface area contributed by atoms with Gasteiger partial charge in [0.15, 0.2) is 11.5 Å². The molecule has 1 aromatic rings. The fraction of sp³-hybridized carbons (Fsp3) is 0.500. The molecule has 0 aromatic heterocycles. The molecule has 9 heteroatoms. The predicted octanol–water partition coefficient (Wildman–Crippen LogP) is 1.96. The largest absolute Gasteiger partial charge is 0.493 e. The number of methoxy groups -OCH3 is 1. The van der Waals surface area contributed by atoms with Gasteiger partial charge in [-0.15, -0.1) is 0 Å². The summed E-state index contributed by atoms with van der Waals surface area (Å²) >= 11 is 0. The molecule has 0 aliphatic heterocycles. The van der Waals surface area contributed by atoms with E-state index >= 15 is 0 Å². The monoisotopic (exact) mass is 359 g/mol. The van der Waals surface area contributed by atoms with E-state index in [0.717, 1.165) is 0 Å². The minimum Gasteiger partial charge on any atom is -0.493 e. The molecule has 0 aliphatic rings. The number of hydrogen-bond acceptors (Lipinski definition) is 5. The van der Waals surface area contributed by atoms with E-state index in [-0.39, 0.29) is 24.1 Å². The molecule has 0 saturated heterocycles. The number of nitrogens with zero attached hydrogens (tertiary/aromatic N) is 1. The molecule has 1 aromatic carbocycles. The van der Waals surface area contributed by atoms with Crippen molar-refractivity contribution in [2.45, 2.75) is 33.0 Å². The second-order valence-corrected chi connectivity index (χ2v) is 5.71. The summed E-state index contributed by atoms with van der Waals surface area (Å²) in [6, 6.07) is 3.96. The Hall–Kier alpha value is -2.42. The highest BCUT2D eigenvalue weighted by atomic mass is 19.3. The van der Waals surface area contributed by atoms with Gasteiger partial charge in [0.05, 0.1) is 13.7 Å². The van der Waals surface area contributed by atoms with Gasteiger partial charge in [-0.3, -0.25) is 15.0 Å². The second-order valence-electron chi connectivity index (χ2n) is 5.71. The minimum atomic E-state index is -2.97. The van der Waals surface area contributed by atoms with E-state index in [4.69, 9.17) is 4.74 Å². The highest BCUT2D eigenvalue weighted by Gasteiger charge is 2.14. The van der Waals surface area contributed by atoms with Gasteiger partial charge in [0.2, 0.25) is 5.91 Å². The van der Waals surface area contributed by atoms with Crippen LogP contribution >= 0.6 is 0 Å². The SMILES string of the molecule is COc1ccc(CN(C)CC(=O)NC(=O)NC(C)C)cc1OC(F)F. The van der Waals surface area contributed by atoms with Crippen molar-refractivity contribution in [1.82, 2.24) is 15.5 Å². The molecule has 0 heterocycles. The summed E-state index contributed by atoms with van der Waals surface area (Å²) < 4.78 is 34.3. The zero-order valence-electron chi connectivity index (χ0n) is 14.6. The number of nitrogens with one attached hydrogen (secondary N) is 2. The van der Waals surface area contributed by atoms with Crippen molar-refractivity contribution in [2.75, 3.05) is 20.7 Å². The average Bonchev–Trinajstić information content (AvgIpc) is 2.45. The molecular weight excluding hydrogens is 336 g/mol. The average molecular weight is 359 g/mol. The molecule has 2 N–H and O–H groups in total. The molecule has 0 unspecified atom stereocenters. The van der Waals surface area contributed by atoms with E-state index in [2.05, 4.69) is 15.4 Å². The fourth-order valence-corrected chi connectivity index (χ4v) is 2.08. The van der Waals surface area contributed by atoms with Gasteiger partial charge in [-0.2, -0.15) is 8.78 Å². The fourth-order valence-electron chi connectivity index (χ4n) is 2.08. The van der Waals surface area contributed by atoms with Crippen LogP contribution in [0, 0.1) is 0 Å². The van der Waals surface area contributed by atoms with Crippen molar-refractivity contribution >= 4 is 11.9 Å². The van der Waals surface area contributed by atoms with E-state index in [1.807, 2.05) is 0 Å². The number of hydrogen-bond donors (Lipinski definition) is 2. The van der Waals surface area contributed by atoms with Crippen LogP contribution < -0.4 is 20.1 Å². The first kappa shape index (κ1) is 20.6. The molecule has 0 saturated carbocycles. The van der Waals surface area contributed by atoms with Crippen molar-refractivity contribution in [1.29, 1.82) is 0 Å². The summed E-state index contributed by atoms with van der Waals surface area (Å²) in [4.78, 5) is 24.9. The number of ether oxygens (including phenoxy) is 2. The Kier molecular flexibility index (Phi) is 8.06. The second kappa shape index (κ2) is 9.77. The molecule has 140 valence electrons. The van der Waals surface area contributed by atoms with Gasteiger partial charge >= 0.3 is 12.6 Å². The molecule has 1 rings (SSSR count). The number of halogens is 2. The standard InChI is InChI=1S/C16H23F2N3O4/c1-10(2)19-16(23)20-14(22)9-21(3)8-11-5-6-12(24-4)13(7-11)25-15(17)18/h5-7,10,15H,8-9H2,1-4H3,(H2,19,20,22,23). The minimum absolute atomic E-state index is 0.0391. The Morgan fingerprint density at radius 3 is 2.48 bits per heavy atom. The molecule has 0 bridgehead atoms. The highest BCUT2D eigenvalue weighted by Crippen LogP contribution is 2.29.